The Labute approximate surface area is 247 Å². The predicted molar refractivity (Wildman–Crippen MR) is 155 cm³/mol. The Bertz CT molecular complexity index is 1890. The van der Waals surface area contributed by atoms with Gasteiger partial charge in [-0.1, -0.05) is 53.8 Å². The number of amides is 1. The Balaban J connectivity index is 0.000000472. The van der Waals surface area contributed by atoms with Crippen molar-refractivity contribution in [1.82, 2.24) is 19.7 Å². The number of rotatable bonds is 6. The monoisotopic (exact) mass is 631 g/mol. The number of aryl methyl sites for hydroxylation is 1. The molecule has 1 fully saturated rings. The lowest BCUT2D eigenvalue weighted by atomic mass is 10.0. The van der Waals surface area contributed by atoms with E-state index in [0.29, 0.717) is 12.0 Å². The minimum atomic E-state index is -5.08. The van der Waals surface area contributed by atoms with Crippen LogP contribution in [-0.4, -0.2) is 46.5 Å². The highest BCUT2D eigenvalue weighted by Gasteiger charge is 2.38. The number of nitrogens with zero attached hydrogens (tertiary/aromatic N) is 2. The molecule has 4 N–H and O–H groups in total. The summed E-state index contributed by atoms with van der Waals surface area (Å²) in [4.78, 5) is 33.6. The van der Waals surface area contributed by atoms with Crippen molar-refractivity contribution in [1.29, 1.82) is 0 Å². The molecule has 0 saturated carbocycles. The van der Waals surface area contributed by atoms with E-state index in [1.54, 1.807) is 23.5 Å². The number of thiazole rings is 1. The molecule has 43 heavy (non-hydrogen) atoms. The number of hydrogen-bond donors (Lipinski definition) is 4. The van der Waals surface area contributed by atoms with E-state index in [1.807, 2.05) is 55.5 Å². The zero-order valence-electron chi connectivity index (χ0n) is 22.3. The molecule has 1 saturated heterocycles. The van der Waals surface area contributed by atoms with E-state index in [-0.39, 0.29) is 12.5 Å². The average molecular weight is 632 g/mol. The Morgan fingerprint density at radius 3 is 2.42 bits per heavy atom. The van der Waals surface area contributed by atoms with Gasteiger partial charge in [0.2, 0.25) is 15.9 Å². The number of carbonyl (C=O) groups excluding carboxylic acids is 1. The Kier molecular flexibility index (Phi) is 8.12. The first-order valence-corrected chi connectivity index (χ1v) is 15.2. The molecule has 0 spiro atoms. The lowest BCUT2D eigenvalue weighted by Crippen LogP contribution is -2.21. The second-order valence-electron chi connectivity index (χ2n) is 9.84. The number of para-hydroxylation sites is 1. The van der Waals surface area contributed by atoms with Gasteiger partial charge in [-0.05, 0) is 54.3 Å². The summed E-state index contributed by atoms with van der Waals surface area (Å²) in [5.41, 5.74) is 5.56. The van der Waals surface area contributed by atoms with Crippen molar-refractivity contribution in [3.63, 3.8) is 0 Å². The fourth-order valence-corrected chi connectivity index (χ4v) is 6.91. The number of sulfonamides is 1. The van der Waals surface area contributed by atoms with Gasteiger partial charge in [0.1, 0.15) is 11.1 Å². The van der Waals surface area contributed by atoms with Crippen molar-refractivity contribution in [2.24, 2.45) is 0 Å². The number of nitrogens with one attached hydrogen (secondary N) is 3. The van der Waals surface area contributed by atoms with Crippen LogP contribution in [0.5, 0.6) is 0 Å². The minimum absolute atomic E-state index is 0.0537. The lowest BCUT2D eigenvalue weighted by molar-refractivity contribution is -0.192. The molecule has 1 aliphatic heterocycles. The van der Waals surface area contributed by atoms with Crippen LogP contribution in [0.1, 0.15) is 40.2 Å². The van der Waals surface area contributed by atoms with Gasteiger partial charge in [0.05, 0.1) is 33.7 Å². The van der Waals surface area contributed by atoms with Crippen molar-refractivity contribution in [3.8, 4) is 0 Å². The quantitative estimate of drug-likeness (QED) is 0.194. The highest BCUT2D eigenvalue weighted by molar-refractivity contribution is 7.90. The zero-order chi connectivity index (χ0) is 30.9. The van der Waals surface area contributed by atoms with Gasteiger partial charge in [-0.3, -0.25) is 9.52 Å². The largest absolute Gasteiger partial charge is 0.490 e. The van der Waals surface area contributed by atoms with E-state index in [4.69, 9.17) is 19.9 Å². The molecule has 1 aliphatic rings. The van der Waals surface area contributed by atoms with Gasteiger partial charge in [-0.25, -0.2) is 23.2 Å². The molecule has 5 aromatic rings. The predicted octanol–water partition coefficient (Wildman–Crippen LogP) is 5.40. The normalized spacial score (nSPS) is 16.8. The number of H-pyrrole nitrogens is 1. The number of carboxylic acid groups (broad SMARTS) is 1. The first-order chi connectivity index (χ1) is 20.3. The highest BCUT2D eigenvalue weighted by atomic mass is 32.2. The lowest BCUT2D eigenvalue weighted by Gasteiger charge is -2.17. The van der Waals surface area contributed by atoms with Crippen LogP contribution in [0.2, 0.25) is 0 Å². The number of aromatic amines is 1. The molecule has 15 heteroatoms. The van der Waals surface area contributed by atoms with Gasteiger partial charge in [0.25, 0.3) is 0 Å². The topological polar surface area (TPSA) is 154 Å². The first kappa shape index (κ1) is 30.0. The summed E-state index contributed by atoms with van der Waals surface area (Å²) in [6, 6.07) is 21.3. The van der Waals surface area contributed by atoms with Crippen LogP contribution in [-0.2, 0) is 26.0 Å². The van der Waals surface area contributed by atoms with E-state index < -0.39 is 33.3 Å². The molecule has 0 radical (unpaired) electrons. The summed E-state index contributed by atoms with van der Waals surface area (Å²) >= 11 is 1.59. The fraction of sp³-hybridized carbons (Fsp3) is 0.214. The van der Waals surface area contributed by atoms with Crippen LogP contribution in [0.4, 0.5) is 18.3 Å². The summed E-state index contributed by atoms with van der Waals surface area (Å²) in [7, 11) is -3.67. The number of alkyl halides is 3. The van der Waals surface area contributed by atoms with Crippen LogP contribution < -0.4 is 10.0 Å². The summed E-state index contributed by atoms with van der Waals surface area (Å²) in [6.45, 7) is 2.05. The Morgan fingerprint density at radius 2 is 1.79 bits per heavy atom. The number of imidazole rings is 1. The van der Waals surface area contributed by atoms with Crippen LogP contribution >= 0.6 is 11.3 Å². The highest BCUT2D eigenvalue weighted by Crippen LogP contribution is 2.32. The van der Waals surface area contributed by atoms with E-state index in [0.717, 1.165) is 43.3 Å². The number of hydrogen-bond acceptors (Lipinski definition) is 8. The number of fused-ring (bicyclic) bond motifs is 2. The number of carboxylic acids is 1. The number of aromatic nitrogens is 3. The third-order valence-electron chi connectivity index (χ3n) is 6.61. The number of carbonyl (C=O) groups is 2. The van der Waals surface area contributed by atoms with Crippen LogP contribution in [0.15, 0.2) is 66.7 Å². The van der Waals surface area contributed by atoms with Crippen LogP contribution in [0.25, 0.3) is 21.3 Å². The van der Waals surface area contributed by atoms with Crippen LogP contribution in [0, 0.1) is 6.92 Å². The van der Waals surface area contributed by atoms with Crippen molar-refractivity contribution in [2.45, 2.75) is 37.2 Å². The minimum Gasteiger partial charge on any atom is -0.475 e. The molecule has 1 unspecified atom stereocenters. The van der Waals surface area contributed by atoms with E-state index in [1.165, 1.54) is 0 Å². The second-order valence-corrected chi connectivity index (χ2v) is 12.7. The molecule has 10 nitrogen and oxygen atoms in total. The van der Waals surface area contributed by atoms with E-state index >= 15 is 0 Å². The van der Waals surface area contributed by atoms with Gasteiger partial charge < -0.3 is 15.4 Å². The maximum Gasteiger partial charge on any atom is 0.490 e. The summed E-state index contributed by atoms with van der Waals surface area (Å²) in [5, 5.41) is 10.6. The molecule has 3 heterocycles. The Morgan fingerprint density at radius 1 is 1.09 bits per heavy atom. The van der Waals surface area contributed by atoms with Gasteiger partial charge in [0, 0.05) is 0 Å². The summed E-state index contributed by atoms with van der Waals surface area (Å²) in [6.07, 6.45) is -4.54. The molecular formula is C28H24F3N5O5S2. The number of aliphatic carboxylic acids is 1. The summed E-state index contributed by atoms with van der Waals surface area (Å²) < 4.78 is 59.4. The third kappa shape index (κ3) is 6.94. The molecule has 3 aromatic carbocycles. The van der Waals surface area contributed by atoms with Crippen molar-refractivity contribution < 1.29 is 36.3 Å². The maximum atomic E-state index is 12.2. The fourth-order valence-electron chi connectivity index (χ4n) is 4.56. The van der Waals surface area contributed by atoms with Gasteiger partial charge in [-0.2, -0.15) is 13.2 Å². The van der Waals surface area contributed by atoms with Crippen molar-refractivity contribution >= 4 is 59.6 Å². The van der Waals surface area contributed by atoms with Crippen LogP contribution in [0.3, 0.4) is 0 Å². The first-order valence-electron chi connectivity index (χ1n) is 12.8. The molecule has 0 bridgehead atoms. The average Bonchev–Trinajstić information content (AvgIpc) is 3.62. The van der Waals surface area contributed by atoms with E-state index in [2.05, 4.69) is 21.1 Å². The molecule has 2 atom stereocenters. The van der Waals surface area contributed by atoms with Crippen molar-refractivity contribution in [3.05, 3.63) is 89.2 Å². The molecule has 224 valence electrons. The smallest absolute Gasteiger partial charge is 0.475 e. The number of benzene rings is 3. The molecule has 2 aromatic heterocycles. The Hall–Kier alpha value is -4.50. The van der Waals surface area contributed by atoms with Gasteiger partial charge in [0.15, 0.2) is 5.13 Å². The maximum absolute atomic E-state index is 12.2. The molecular weight excluding hydrogens is 607 g/mol. The SMILES string of the molecule is Cc1ccc2nc([C@H](Cc3ccc(C4CC(=O)NS4(=O)=O)cc3)Nc3nc4ccccc4s3)[nH]c2c1.O=C(O)C(F)(F)F. The standard InChI is InChI=1S/C26H23N5O3S2.C2HF3O2/c1-15-6-11-18-20(12-15)28-25(27-18)21(30-26-29-19-4-2-3-5-22(19)35-26)13-16-7-9-17(10-8-16)23-14-24(32)31-36(23,33)34;3-2(4,5)1(6)7/h2-12,21,23H,13-14H2,1H3,(H,27,28)(H,29,30)(H,31,32);(H,6,7)/t21-,23?;/m0./s1. The van der Waals surface area contributed by atoms with Crippen molar-refractivity contribution in [2.75, 3.05) is 5.32 Å². The van der Waals surface area contributed by atoms with E-state index in [9.17, 15) is 26.4 Å². The summed E-state index contributed by atoms with van der Waals surface area (Å²) in [5.74, 6) is -2.43. The second kappa shape index (κ2) is 11.6. The third-order valence-corrected chi connectivity index (χ3v) is 9.28. The molecule has 6 rings (SSSR count). The van der Waals surface area contributed by atoms with Gasteiger partial charge in [-0.15, -0.1) is 0 Å². The number of anilines is 1. The molecule has 1 amide bonds. The number of halogens is 3. The van der Waals surface area contributed by atoms with Gasteiger partial charge >= 0.3 is 12.1 Å². The molecule has 0 aliphatic carbocycles. The zero-order valence-corrected chi connectivity index (χ0v) is 24.0.